The molecule has 0 saturated heterocycles. The lowest BCUT2D eigenvalue weighted by atomic mass is 10.0. The van der Waals surface area contributed by atoms with Crippen molar-refractivity contribution in [1.82, 2.24) is 9.97 Å². The van der Waals surface area contributed by atoms with Crippen molar-refractivity contribution >= 4 is 17.4 Å². The number of nitrogens with zero attached hydrogens (tertiary/aromatic N) is 2. The second-order valence-electron chi connectivity index (χ2n) is 4.47. The van der Waals surface area contributed by atoms with E-state index in [4.69, 9.17) is 11.6 Å². The minimum absolute atomic E-state index is 0.295. The fraction of sp³-hybridized carbons (Fsp3) is 0.667. The predicted molar refractivity (Wildman–Crippen MR) is 68.9 cm³/mol. The monoisotopic (exact) mass is 241 g/mol. The van der Waals surface area contributed by atoms with Gasteiger partial charge in [-0.3, -0.25) is 0 Å². The van der Waals surface area contributed by atoms with Gasteiger partial charge in [-0.1, -0.05) is 20.3 Å². The van der Waals surface area contributed by atoms with Crippen LogP contribution < -0.4 is 5.32 Å². The highest BCUT2D eigenvalue weighted by molar-refractivity contribution is 6.28. The van der Waals surface area contributed by atoms with Crippen molar-refractivity contribution in [3.63, 3.8) is 0 Å². The van der Waals surface area contributed by atoms with E-state index >= 15 is 0 Å². The van der Waals surface area contributed by atoms with Crippen molar-refractivity contribution in [1.29, 1.82) is 0 Å². The van der Waals surface area contributed by atoms with E-state index in [0.717, 1.165) is 23.7 Å². The molecule has 90 valence electrons. The second kappa shape index (κ2) is 6.04. The lowest BCUT2D eigenvalue weighted by Crippen LogP contribution is -2.19. The quantitative estimate of drug-likeness (QED) is 0.800. The zero-order valence-electron chi connectivity index (χ0n) is 10.4. The summed E-state index contributed by atoms with van der Waals surface area (Å²) in [6.45, 7) is 8.62. The Morgan fingerprint density at radius 1 is 1.44 bits per heavy atom. The lowest BCUT2D eigenvalue weighted by molar-refractivity contribution is 0.483. The average Bonchev–Trinajstić information content (AvgIpc) is 2.23. The number of anilines is 1. The van der Waals surface area contributed by atoms with Gasteiger partial charge in [0.15, 0.2) is 0 Å². The summed E-state index contributed by atoms with van der Waals surface area (Å²) in [6, 6.07) is 0.402. The Bertz CT molecular complexity index is 341. The van der Waals surface area contributed by atoms with Gasteiger partial charge in [0.25, 0.3) is 0 Å². The van der Waals surface area contributed by atoms with Gasteiger partial charge in [-0.2, -0.15) is 0 Å². The Balaban J connectivity index is 2.61. The summed E-state index contributed by atoms with van der Waals surface area (Å²) in [5, 5.41) is 3.68. The van der Waals surface area contributed by atoms with E-state index in [2.05, 4.69) is 36.1 Å². The van der Waals surface area contributed by atoms with E-state index in [1.54, 1.807) is 6.20 Å². The van der Waals surface area contributed by atoms with E-state index in [1.807, 2.05) is 6.92 Å². The Morgan fingerprint density at radius 2 is 2.12 bits per heavy atom. The fourth-order valence-corrected chi connectivity index (χ4v) is 1.76. The molecule has 1 aromatic heterocycles. The zero-order valence-corrected chi connectivity index (χ0v) is 11.2. The van der Waals surface area contributed by atoms with Crippen LogP contribution in [0.3, 0.4) is 0 Å². The molecule has 0 saturated carbocycles. The maximum Gasteiger partial charge on any atom is 0.224 e. The van der Waals surface area contributed by atoms with Gasteiger partial charge in [0.1, 0.15) is 5.82 Å². The third-order valence-corrected chi connectivity index (χ3v) is 2.96. The Morgan fingerprint density at radius 3 is 2.75 bits per heavy atom. The fourth-order valence-electron chi connectivity index (χ4n) is 1.63. The molecule has 0 aliphatic rings. The van der Waals surface area contributed by atoms with Crippen LogP contribution in [0.15, 0.2) is 6.20 Å². The standard InChI is InChI=1S/C12H20ClN3/c1-5-8(2)6-10(4)15-11-9(3)7-14-12(13)16-11/h7-8,10H,5-6H2,1-4H3,(H,14,15,16). The first-order valence-corrected chi connectivity index (χ1v) is 6.16. The van der Waals surface area contributed by atoms with Gasteiger partial charge in [-0.05, 0) is 37.8 Å². The third-order valence-electron chi connectivity index (χ3n) is 2.78. The number of nitrogens with one attached hydrogen (secondary N) is 1. The van der Waals surface area contributed by atoms with Crippen LogP contribution in [0.4, 0.5) is 5.82 Å². The highest BCUT2D eigenvalue weighted by atomic mass is 35.5. The third kappa shape index (κ3) is 3.97. The summed E-state index contributed by atoms with van der Waals surface area (Å²) in [4.78, 5) is 8.13. The van der Waals surface area contributed by atoms with Gasteiger partial charge in [0, 0.05) is 17.8 Å². The highest BCUT2D eigenvalue weighted by Crippen LogP contribution is 2.17. The number of rotatable bonds is 5. The van der Waals surface area contributed by atoms with Gasteiger partial charge in [0.05, 0.1) is 0 Å². The van der Waals surface area contributed by atoms with Crippen molar-refractivity contribution in [2.24, 2.45) is 5.92 Å². The molecule has 0 amide bonds. The molecular formula is C12H20ClN3. The van der Waals surface area contributed by atoms with Crippen molar-refractivity contribution in [3.05, 3.63) is 17.0 Å². The van der Waals surface area contributed by atoms with Crippen molar-refractivity contribution in [2.75, 3.05) is 5.32 Å². The normalized spacial score (nSPS) is 14.6. The van der Waals surface area contributed by atoms with Crippen LogP contribution in [-0.2, 0) is 0 Å². The molecule has 16 heavy (non-hydrogen) atoms. The molecule has 4 heteroatoms. The van der Waals surface area contributed by atoms with Crippen molar-refractivity contribution in [2.45, 2.75) is 46.6 Å². The number of hydrogen-bond acceptors (Lipinski definition) is 3. The summed E-state index contributed by atoms with van der Waals surface area (Å²) in [5.41, 5.74) is 1.03. The van der Waals surface area contributed by atoms with E-state index < -0.39 is 0 Å². The van der Waals surface area contributed by atoms with Gasteiger partial charge >= 0.3 is 0 Å². The second-order valence-corrected chi connectivity index (χ2v) is 4.80. The zero-order chi connectivity index (χ0) is 12.1. The van der Waals surface area contributed by atoms with Gasteiger partial charge in [-0.15, -0.1) is 0 Å². The van der Waals surface area contributed by atoms with Crippen LogP contribution >= 0.6 is 11.6 Å². The Hall–Kier alpha value is -0.830. The number of aryl methyl sites for hydroxylation is 1. The van der Waals surface area contributed by atoms with Gasteiger partial charge in [0.2, 0.25) is 5.28 Å². The molecule has 1 N–H and O–H groups in total. The maximum absolute atomic E-state index is 5.77. The summed E-state index contributed by atoms with van der Waals surface area (Å²) in [5.74, 6) is 1.57. The van der Waals surface area contributed by atoms with Gasteiger partial charge < -0.3 is 5.32 Å². The molecule has 0 aromatic carbocycles. The molecule has 1 rings (SSSR count). The molecule has 0 aliphatic heterocycles. The molecular weight excluding hydrogens is 222 g/mol. The molecule has 0 bridgehead atoms. The molecule has 1 heterocycles. The molecule has 2 unspecified atom stereocenters. The summed E-state index contributed by atoms with van der Waals surface area (Å²) < 4.78 is 0. The van der Waals surface area contributed by atoms with E-state index in [0.29, 0.717) is 11.3 Å². The topological polar surface area (TPSA) is 37.8 Å². The Labute approximate surface area is 103 Å². The van der Waals surface area contributed by atoms with Crippen LogP contribution in [0.1, 0.15) is 39.2 Å². The maximum atomic E-state index is 5.77. The summed E-state index contributed by atoms with van der Waals surface area (Å²) in [7, 11) is 0. The first-order valence-electron chi connectivity index (χ1n) is 5.78. The molecule has 0 aliphatic carbocycles. The van der Waals surface area contributed by atoms with E-state index in [-0.39, 0.29) is 0 Å². The van der Waals surface area contributed by atoms with Crippen molar-refractivity contribution in [3.8, 4) is 0 Å². The molecule has 0 radical (unpaired) electrons. The van der Waals surface area contributed by atoms with E-state index in [1.165, 1.54) is 6.42 Å². The van der Waals surface area contributed by atoms with Crippen molar-refractivity contribution < 1.29 is 0 Å². The minimum Gasteiger partial charge on any atom is -0.367 e. The smallest absolute Gasteiger partial charge is 0.224 e. The molecule has 0 fully saturated rings. The molecule has 2 atom stereocenters. The van der Waals surface area contributed by atoms with Crippen LogP contribution in [0.5, 0.6) is 0 Å². The number of hydrogen-bond donors (Lipinski definition) is 1. The average molecular weight is 242 g/mol. The van der Waals surface area contributed by atoms with Crippen LogP contribution in [0.25, 0.3) is 0 Å². The first-order chi connectivity index (χ1) is 7.52. The molecule has 0 spiro atoms. The first kappa shape index (κ1) is 13.2. The number of aromatic nitrogens is 2. The molecule has 1 aromatic rings. The lowest BCUT2D eigenvalue weighted by Gasteiger charge is -2.19. The summed E-state index contributed by atoms with van der Waals surface area (Å²) >= 11 is 5.77. The largest absolute Gasteiger partial charge is 0.367 e. The van der Waals surface area contributed by atoms with Crippen LogP contribution in [-0.4, -0.2) is 16.0 Å². The predicted octanol–water partition coefficient (Wildman–Crippen LogP) is 3.68. The van der Waals surface area contributed by atoms with E-state index in [9.17, 15) is 0 Å². The SMILES string of the molecule is CCC(C)CC(C)Nc1nc(Cl)ncc1C. The minimum atomic E-state index is 0.295. The number of halogens is 1. The molecule has 3 nitrogen and oxygen atoms in total. The van der Waals surface area contributed by atoms with Crippen LogP contribution in [0.2, 0.25) is 5.28 Å². The van der Waals surface area contributed by atoms with Gasteiger partial charge in [-0.25, -0.2) is 9.97 Å². The highest BCUT2D eigenvalue weighted by Gasteiger charge is 2.09. The Kier molecular flexibility index (Phi) is 5.00. The summed E-state index contributed by atoms with van der Waals surface area (Å²) in [6.07, 6.45) is 4.08. The van der Waals surface area contributed by atoms with Crippen LogP contribution in [0, 0.1) is 12.8 Å².